The summed E-state index contributed by atoms with van der Waals surface area (Å²) in [7, 11) is 1.35. The molecule has 1 amide bonds. The molecule has 132 valence electrons. The van der Waals surface area contributed by atoms with Gasteiger partial charge in [0, 0.05) is 6.04 Å². The second kappa shape index (κ2) is 7.99. The molecular formula is C17H29NO5. The molecule has 1 aliphatic carbocycles. The van der Waals surface area contributed by atoms with Crippen LogP contribution in [-0.2, 0) is 19.0 Å². The van der Waals surface area contributed by atoms with E-state index < -0.39 is 6.09 Å². The number of hydrogen-bond acceptors (Lipinski definition) is 5. The first-order chi connectivity index (χ1) is 11.0. The number of amides is 1. The van der Waals surface area contributed by atoms with Crippen LogP contribution in [0.3, 0.4) is 0 Å². The minimum Gasteiger partial charge on any atom is -0.465 e. The van der Waals surface area contributed by atoms with Crippen LogP contribution in [0.25, 0.3) is 0 Å². The Bertz CT molecular complexity index is 425. The van der Waals surface area contributed by atoms with E-state index in [1.165, 1.54) is 12.0 Å². The van der Waals surface area contributed by atoms with Gasteiger partial charge in [-0.15, -0.1) is 0 Å². The normalized spacial score (nSPS) is 30.0. The summed E-state index contributed by atoms with van der Waals surface area (Å²) in [5.41, 5.74) is 0. The predicted octanol–water partition coefficient (Wildman–Crippen LogP) is 2.46. The first kappa shape index (κ1) is 18.0. The zero-order valence-electron chi connectivity index (χ0n) is 14.6. The second-order valence-electron chi connectivity index (χ2n) is 6.90. The topological polar surface area (TPSA) is 65.1 Å². The zero-order valence-corrected chi connectivity index (χ0v) is 14.6. The average molecular weight is 327 g/mol. The van der Waals surface area contributed by atoms with Crippen molar-refractivity contribution in [3.8, 4) is 0 Å². The maximum absolute atomic E-state index is 12.1. The average Bonchev–Trinajstić information content (AvgIpc) is 2.94. The van der Waals surface area contributed by atoms with Crippen LogP contribution in [0.5, 0.6) is 0 Å². The summed E-state index contributed by atoms with van der Waals surface area (Å²) < 4.78 is 15.8. The molecule has 1 aliphatic heterocycles. The first-order valence-electron chi connectivity index (χ1n) is 8.58. The molecule has 0 aromatic rings. The zero-order chi connectivity index (χ0) is 17.0. The standard InChI is InChI=1S/C17H29NO5/c1-5-22-16(19)9-18(17(20)21-4)14-6-12-8-15(11(2)3)23-10-13(12)7-14/h11-15H,5-10H2,1-4H3/t12-,13+,14-,15-/m0/s1. The van der Waals surface area contributed by atoms with Crippen molar-refractivity contribution in [1.29, 1.82) is 0 Å². The van der Waals surface area contributed by atoms with Gasteiger partial charge in [0.15, 0.2) is 0 Å². The third kappa shape index (κ3) is 4.37. The van der Waals surface area contributed by atoms with Crippen LogP contribution in [0.2, 0.25) is 0 Å². The lowest BCUT2D eigenvalue weighted by Gasteiger charge is -2.34. The van der Waals surface area contributed by atoms with Crippen LogP contribution in [0.1, 0.15) is 40.0 Å². The van der Waals surface area contributed by atoms with E-state index in [4.69, 9.17) is 14.2 Å². The molecule has 2 fully saturated rings. The van der Waals surface area contributed by atoms with Crippen LogP contribution in [-0.4, -0.2) is 56.0 Å². The molecule has 0 bridgehead atoms. The van der Waals surface area contributed by atoms with Gasteiger partial charge < -0.3 is 14.2 Å². The van der Waals surface area contributed by atoms with Gasteiger partial charge >= 0.3 is 12.1 Å². The van der Waals surface area contributed by atoms with Crippen molar-refractivity contribution in [3.63, 3.8) is 0 Å². The second-order valence-corrected chi connectivity index (χ2v) is 6.90. The Morgan fingerprint density at radius 3 is 2.52 bits per heavy atom. The van der Waals surface area contributed by atoms with Gasteiger partial charge in [-0.2, -0.15) is 0 Å². The molecule has 4 atom stereocenters. The molecule has 0 spiro atoms. The smallest absolute Gasteiger partial charge is 0.410 e. The number of esters is 1. The molecule has 2 aliphatic rings. The third-order valence-electron chi connectivity index (χ3n) is 5.07. The molecule has 6 nitrogen and oxygen atoms in total. The van der Waals surface area contributed by atoms with Crippen molar-refractivity contribution in [1.82, 2.24) is 4.90 Å². The van der Waals surface area contributed by atoms with Gasteiger partial charge in [0.25, 0.3) is 0 Å². The maximum atomic E-state index is 12.1. The molecule has 0 N–H and O–H groups in total. The molecule has 1 heterocycles. The molecular weight excluding hydrogens is 298 g/mol. The molecule has 1 saturated carbocycles. The van der Waals surface area contributed by atoms with Crippen molar-refractivity contribution in [2.75, 3.05) is 26.9 Å². The van der Waals surface area contributed by atoms with Gasteiger partial charge in [0.05, 0.1) is 26.4 Å². The highest BCUT2D eigenvalue weighted by Gasteiger charge is 2.43. The summed E-state index contributed by atoms with van der Waals surface area (Å²) >= 11 is 0. The summed E-state index contributed by atoms with van der Waals surface area (Å²) in [5.74, 6) is 1.13. The first-order valence-corrected chi connectivity index (χ1v) is 8.58. The predicted molar refractivity (Wildman–Crippen MR) is 84.9 cm³/mol. The summed E-state index contributed by atoms with van der Waals surface area (Å²) in [6.45, 7) is 7.14. The minimum atomic E-state index is -0.456. The molecule has 2 rings (SSSR count). The van der Waals surface area contributed by atoms with Crippen molar-refractivity contribution < 1.29 is 23.8 Å². The third-order valence-corrected chi connectivity index (χ3v) is 5.07. The number of ether oxygens (including phenoxy) is 3. The van der Waals surface area contributed by atoms with Crippen LogP contribution in [0, 0.1) is 17.8 Å². The number of carbonyl (C=O) groups is 2. The fourth-order valence-corrected chi connectivity index (χ4v) is 3.81. The lowest BCUT2D eigenvalue weighted by atomic mass is 9.85. The number of methoxy groups -OCH3 is 1. The van der Waals surface area contributed by atoms with E-state index in [-0.39, 0.29) is 18.6 Å². The summed E-state index contributed by atoms with van der Waals surface area (Å²) in [6.07, 6.45) is 2.65. The molecule has 0 aromatic carbocycles. The lowest BCUT2D eigenvalue weighted by Crippen LogP contribution is -2.43. The van der Waals surface area contributed by atoms with Gasteiger partial charge in [0.2, 0.25) is 0 Å². The van der Waals surface area contributed by atoms with Crippen molar-refractivity contribution >= 4 is 12.1 Å². The lowest BCUT2D eigenvalue weighted by molar-refractivity contribution is -0.144. The maximum Gasteiger partial charge on any atom is 0.410 e. The Labute approximate surface area is 138 Å². The number of nitrogens with zero attached hydrogens (tertiary/aromatic N) is 1. The van der Waals surface area contributed by atoms with Crippen LogP contribution in [0.15, 0.2) is 0 Å². The quantitative estimate of drug-likeness (QED) is 0.726. The molecule has 0 unspecified atom stereocenters. The summed E-state index contributed by atoms with van der Waals surface area (Å²) in [6, 6.07) is 0.0244. The van der Waals surface area contributed by atoms with E-state index in [1.54, 1.807) is 6.92 Å². The van der Waals surface area contributed by atoms with E-state index in [9.17, 15) is 9.59 Å². The highest BCUT2D eigenvalue weighted by Crippen LogP contribution is 2.42. The number of fused-ring (bicyclic) bond motifs is 1. The highest BCUT2D eigenvalue weighted by atomic mass is 16.5. The summed E-state index contributed by atoms with van der Waals surface area (Å²) in [4.78, 5) is 25.4. The van der Waals surface area contributed by atoms with Gasteiger partial charge in [-0.25, -0.2) is 4.79 Å². The number of rotatable bonds is 5. The van der Waals surface area contributed by atoms with Crippen LogP contribution in [0.4, 0.5) is 4.79 Å². The Hall–Kier alpha value is -1.30. The van der Waals surface area contributed by atoms with E-state index in [2.05, 4.69) is 13.8 Å². The molecule has 0 aromatic heterocycles. The van der Waals surface area contributed by atoms with E-state index >= 15 is 0 Å². The van der Waals surface area contributed by atoms with Gasteiger partial charge in [-0.3, -0.25) is 9.69 Å². The van der Waals surface area contributed by atoms with E-state index in [1.807, 2.05) is 0 Å². The molecule has 6 heteroatoms. The Morgan fingerprint density at radius 2 is 1.91 bits per heavy atom. The Balaban J connectivity index is 2.00. The van der Waals surface area contributed by atoms with Crippen LogP contribution >= 0.6 is 0 Å². The van der Waals surface area contributed by atoms with Crippen molar-refractivity contribution in [2.24, 2.45) is 17.8 Å². The van der Waals surface area contributed by atoms with Gasteiger partial charge in [-0.05, 0) is 43.9 Å². The van der Waals surface area contributed by atoms with E-state index in [0.717, 1.165) is 25.9 Å². The fraction of sp³-hybridized carbons (Fsp3) is 0.882. The van der Waals surface area contributed by atoms with Crippen molar-refractivity contribution in [3.05, 3.63) is 0 Å². The molecule has 1 saturated heterocycles. The molecule has 0 radical (unpaired) electrons. The Kier molecular flexibility index (Phi) is 6.27. The SMILES string of the molecule is CCOC(=O)CN(C(=O)OC)[C@@H]1C[C@@H]2CO[C@H](C(C)C)C[C@@H]2C1. The van der Waals surface area contributed by atoms with Gasteiger partial charge in [-0.1, -0.05) is 13.8 Å². The van der Waals surface area contributed by atoms with E-state index in [0.29, 0.717) is 30.5 Å². The Morgan fingerprint density at radius 1 is 1.22 bits per heavy atom. The molecule has 23 heavy (non-hydrogen) atoms. The monoisotopic (exact) mass is 327 g/mol. The largest absolute Gasteiger partial charge is 0.465 e. The van der Waals surface area contributed by atoms with Crippen LogP contribution < -0.4 is 0 Å². The van der Waals surface area contributed by atoms with Crippen molar-refractivity contribution in [2.45, 2.75) is 52.2 Å². The fourth-order valence-electron chi connectivity index (χ4n) is 3.81. The summed E-state index contributed by atoms with van der Waals surface area (Å²) in [5, 5.41) is 0. The number of hydrogen-bond donors (Lipinski definition) is 0. The minimum absolute atomic E-state index is 0.0244. The number of carbonyl (C=O) groups excluding carboxylic acids is 2. The van der Waals surface area contributed by atoms with Gasteiger partial charge in [0.1, 0.15) is 6.54 Å². The highest BCUT2D eigenvalue weighted by molar-refractivity contribution is 5.78.